The number of nitrogens with zero attached hydrogens (tertiary/aromatic N) is 2. The van der Waals surface area contributed by atoms with Crippen LogP contribution in [0.1, 0.15) is 19.3 Å². The van der Waals surface area contributed by atoms with E-state index in [1.54, 1.807) is 0 Å². The summed E-state index contributed by atoms with van der Waals surface area (Å²) in [5, 5.41) is 0.549. The Morgan fingerprint density at radius 2 is 1.95 bits per heavy atom. The van der Waals surface area contributed by atoms with E-state index in [-0.39, 0.29) is 5.02 Å². The highest BCUT2D eigenvalue weighted by molar-refractivity contribution is 7.99. The predicted octanol–water partition coefficient (Wildman–Crippen LogP) is 5.79. The SMILES string of the molecule is CN1CCCC/C1=N\c1cc(SCC(F)(F)F)c(Cl)cc1Cl. The van der Waals surface area contributed by atoms with Crippen LogP contribution >= 0.6 is 35.0 Å². The molecule has 0 spiro atoms. The quantitative estimate of drug-likeness (QED) is 0.625. The number of aliphatic imine (C=N–C) groups is 1. The van der Waals surface area contributed by atoms with Crippen molar-refractivity contribution in [3.05, 3.63) is 22.2 Å². The first-order valence-corrected chi connectivity index (χ1v) is 8.48. The first-order valence-electron chi connectivity index (χ1n) is 6.73. The van der Waals surface area contributed by atoms with Crippen LogP contribution in [0.4, 0.5) is 18.9 Å². The van der Waals surface area contributed by atoms with E-state index < -0.39 is 11.9 Å². The van der Waals surface area contributed by atoms with Crippen LogP contribution in [0.3, 0.4) is 0 Å². The van der Waals surface area contributed by atoms with Gasteiger partial charge >= 0.3 is 6.18 Å². The molecule has 0 saturated carbocycles. The van der Waals surface area contributed by atoms with Gasteiger partial charge in [0.1, 0.15) is 5.84 Å². The van der Waals surface area contributed by atoms with Gasteiger partial charge in [-0.1, -0.05) is 23.2 Å². The van der Waals surface area contributed by atoms with Crippen LogP contribution in [0.5, 0.6) is 0 Å². The number of thioether (sulfide) groups is 1. The van der Waals surface area contributed by atoms with E-state index >= 15 is 0 Å². The minimum Gasteiger partial charge on any atom is -0.363 e. The molecule has 22 heavy (non-hydrogen) atoms. The lowest BCUT2D eigenvalue weighted by atomic mass is 10.1. The van der Waals surface area contributed by atoms with Crippen LogP contribution in [0.25, 0.3) is 0 Å². The van der Waals surface area contributed by atoms with Crippen LogP contribution in [-0.2, 0) is 0 Å². The molecule has 0 bridgehead atoms. The molecule has 2 rings (SSSR count). The van der Waals surface area contributed by atoms with Gasteiger partial charge in [0.2, 0.25) is 0 Å². The molecule has 1 aromatic rings. The van der Waals surface area contributed by atoms with E-state index in [0.29, 0.717) is 27.4 Å². The molecule has 8 heteroatoms. The fourth-order valence-corrected chi connectivity index (χ4v) is 3.41. The second kappa shape index (κ2) is 7.32. The van der Waals surface area contributed by atoms with Gasteiger partial charge in [-0.25, -0.2) is 4.99 Å². The average Bonchev–Trinajstić information content (AvgIpc) is 2.41. The van der Waals surface area contributed by atoms with Crippen molar-refractivity contribution in [1.29, 1.82) is 0 Å². The van der Waals surface area contributed by atoms with Crippen molar-refractivity contribution in [3.63, 3.8) is 0 Å². The first kappa shape index (κ1) is 17.8. The zero-order valence-corrected chi connectivity index (χ0v) is 14.2. The number of rotatable bonds is 3. The molecular weight excluding hydrogens is 356 g/mol. The first-order chi connectivity index (χ1) is 10.3. The summed E-state index contributed by atoms with van der Waals surface area (Å²) < 4.78 is 37.1. The van der Waals surface area contributed by atoms with Gasteiger partial charge in [-0.2, -0.15) is 13.2 Å². The molecule has 0 atom stereocenters. The summed E-state index contributed by atoms with van der Waals surface area (Å²) in [5.74, 6) is -0.105. The Kier molecular flexibility index (Phi) is 5.91. The third-order valence-corrected chi connectivity index (χ3v) is 5.07. The minimum atomic E-state index is -4.25. The fraction of sp³-hybridized carbons (Fsp3) is 0.500. The normalized spacial score (nSPS) is 18.1. The van der Waals surface area contributed by atoms with Gasteiger partial charge in [0.05, 0.1) is 21.5 Å². The molecule has 0 aromatic heterocycles. The lowest BCUT2D eigenvalue weighted by molar-refractivity contribution is -0.105. The lowest BCUT2D eigenvalue weighted by Gasteiger charge is -2.26. The molecule has 1 aliphatic heterocycles. The van der Waals surface area contributed by atoms with Crippen LogP contribution in [0.2, 0.25) is 10.0 Å². The van der Waals surface area contributed by atoms with Crippen molar-refractivity contribution in [1.82, 2.24) is 4.90 Å². The number of benzene rings is 1. The largest absolute Gasteiger partial charge is 0.398 e. The summed E-state index contributed by atoms with van der Waals surface area (Å²) in [6, 6.07) is 2.97. The molecule has 0 N–H and O–H groups in total. The maximum absolute atomic E-state index is 12.4. The lowest BCUT2D eigenvalue weighted by Crippen LogP contribution is -2.31. The van der Waals surface area contributed by atoms with Crippen molar-refractivity contribution in [3.8, 4) is 0 Å². The zero-order chi connectivity index (χ0) is 16.3. The predicted molar refractivity (Wildman–Crippen MR) is 86.8 cm³/mol. The standard InChI is InChI=1S/C14H15Cl2F3N2S/c1-21-5-3-2-4-13(21)20-11-7-12(10(16)6-9(11)15)22-8-14(17,18)19/h6-7H,2-5,8H2,1H3/b20-13+. The van der Waals surface area contributed by atoms with Gasteiger partial charge in [0.25, 0.3) is 0 Å². The molecule has 1 fully saturated rings. The summed E-state index contributed by atoms with van der Waals surface area (Å²) in [6.45, 7) is 0.916. The van der Waals surface area contributed by atoms with E-state index in [9.17, 15) is 13.2 Å². The van der Waals surface area contributed by atoms with Gasteiger partial charge in [0, 0.05) is 24.9 Å². The molecule has 0 amide bonds. The van der Waals surface area contributed by atoms with Gasteiger partial charge in [-0.15, -0.1) is 11.8 Å². The number of halogens is 5. The number of amidine groups is 1. The van der Waals surface area contributed by atoms with Gasteiger partial charge < -0.3 is 4.90 Å². The van der Waals surface area contributed by atoms with E-state index in [1.165, 1.54) is 12.1 Å². The van der Waals surface area contributed by atoms with Crippen molar-refractivity contribution in [2.45, 2.75) is 30.3 Å². The topological polar surface area (TPSA) is 15.6 Å². The maximum Gasteiger partial charge on any atom is 0.398 e. The summed E-state index contributed by atoms with van der Waals surface area (Å²) in [4.78, 5) is 6.88. The Labute approximate surface area is 141 Å². The third kappa shape index (κ3) is 4.96. The average molecular weight is 371 g/mol. The Bertz CT molecular complexity index is 576. The Balaban J connectivity index is 2.26. The summed E-state index contributed by atoms with van der Waals surface area (Å²) in [7, 11) is 1.95. The second-order valence-electron chi connectivity index (χ2n) is 5.04. The van der Waals surface area contributed by atoms with Crippen LogP contribution in [0, 0.1) is 0 Å². The third-order valence-electron chi connectivity index (χ3n) is 3.23. The zero-order valence-electron chi connectivity index (χ0n) is 11.9. The summed E-state index contributed by atoms with van der Waals surface area (Å²) in [5.41, 5.74) is 0.458. The fourth-order valence-electron chi connectivity index (χ4n) is 2.11. The second-order valence-corrected chi connectivity index (χ2v) is 6.88. The highest BCUT2D eigenvalue weighted by Crippen LogP contribution is 2.38. The smallest absolute Gasteiger partial charge is 0.363 e. The van der Waals surface area contributed by atoms with Crippen LogP contribution < -0.4 is 0 Å². The van der Waals surface area contributed by atoms with Crippen LogP contribution in [0.15, 0.2) is 22.0 Å². The molecule has 1 saturated heterocycles. The number of alkyl halides is 3. The van der Waals surface area contributed by atoms with Gasteiger partial charge in [0.15, 0.2) is 0 Å². The number of hydrogen-bond donors (Lipinski definition) is 0. The number of piperidine rings is 1. The molecule has 0 aliphatic carbocycles. The maximum atomic E-state index is 12.4. The number of hydrogen-bond acceptors (Lipinski definition) is 2. The number of likely N-dealkylation sites (tertiary alicyclic amines) is 1. The molecule has 122 valence electrons. The molecule has 1 heterocycles. The van der Waals surface area contributed by atoms with Crippen molar-refractivity contribution in [2.24, 2.45) is 4.99 Å². The minimum absolute atomic E-state index is 0.209. The molecular formula is C14H15Cl2F3N2S. The Hall–Kier alpha value is -0.590. The molecule has 1 aromatic carbocycles. The van der Waals surface area contributed by atoms with E-state index in [2.05, 4.69) is 4.99 Å². The molecule has 0 radical (unpaired) electrons. The van der Waals surface area contributed by atoms with Crippen molar-refractivity contribution < 1.29 is 13.2 Å². The molecule has 0 unspecified atom stereocenters. The molecule has 1 aliphatic rings. The van der Waals surface area contributed by atoms with Gasteiger partial charge in [-0.05, 0) is 25.0 Å². The van der Waals surface area contributed by atoms with E-state index in [4.69, 9.17) is 23.2 Å². The van der Waals surface area contributed by atoms with Crippen molar-refractivity contribution >= 4 is 46.5 Å². The Morgan fingerprint density at radius 3 is 2.59 bits per heavy atom. The summed E-state index contributed by atoms with van der Waals surface area (Å²) in [6.07, 6.45) is -1.26. The van der Waals surface area contributed by atoms with Gasteiger partial charge in [-0.3, -0.25) is 0 Å². The Morgan fingerprint density at radius 1 is 1.23 bits per heavy atom. The highest BCUT2D eigenvalue weighted by Gasteiger charge is 2.28. The van der Waals surface area contributed by atoms with E-state index in [1.807, 2.05) is 11.9 Å². The van der Waals surface area contributed by atoms with Crippen molar-refractivity contribution in [2.75, 3.05) is 19.3 Å². The summed E-state index contributed by atoms with van der Waals surface area (Å²) >= 11 is 12.7. The highest BCUT2D eigenvalue weighted by atomic mass is 35.5. The van der Waals surface area contributed by atoms with Crippen LogP contribution in [-0.4, -0.2) is 36.3 Å². The van der Waals surface area contributed by atoms with E-state index in [0.717, 1.165) is 31.6 Å². The monoisotopic (exact) mass is 370 g/mol. The molecule has 2 nitrogen and oxygen atoms in total.